The Morgan fingerprint density at radius 1 is 1.60 bits per heavy atom. The number of amides is 1. The van der Waals surface area contributed by atoms with E-state index in [1.165, 1.54) is 0 Å². The minimum absolute atomic E-state index is 0.251. The first-order valence-electron chi connectivity index (χ1n) is 7.51. The summed E-state index contributed by atoms with van der Waals surface area (Å²) in [5, 5.41) is 3.38. The van der Waals surface area contributed by atoms with Gasteiger partial charge < -0.3 is 15.6 Å². The van der Waals surface area contributed by atoms with Gasteiger partial charge in [0.25, 0.3) is 0 Å². The number of imidazole rings is 1. The maximum atomic E-state index is 11.7. The number of carbonyl (C=O) groups excluding carboxylic acids is 1. The first-order valence-corrected chi connectivity index (χ1v) is 7.51. The fourth-order valence-electron chi connectivity index (χ4n) is 2.56. The van der Waals surface area contributed by atoms with Crippen LogP contribution in [0.3, 0.4) is 0 Å². The largest absolute Gasteiger partial charge is 0.368 e. The predicted molar refractivity (Wildman–Crippen MR) is 79.3 cm³/mol. The van der Waals surface area contributed by atoms with Crippen molar-refractivity contribution in [3.63, 3.8) is 0 Å². The molecule has 5 heteroatoms. The third-order valence-corrected chi connectivity index (χ3v) is 3.98. The first-order chi connectivity index (χ1) is 9.42. The second kappa shape index (κ2) is 5.95. The fourth-order valence-corrected chi connectivity index (χ4v) is 2.56. The van der Waals surface area contributed by atoms with Gasteiger partial charge in [-0.05, 0) is 32.6 Å². The Bertz CT molecular complexity index is 464. The van der Waals surface area contributed by atoms with Gasteiger partial charge in [-0.25, -0.2) is 4.98 Å². The highest BCUT2D eigenvalue weighted by molar-refractivity contribution is 5.84. The van der Waals surface area contributed by atoms with E-state index in [9.17, 15) is 4.79 Å². The number of aryl methyl sites for hydroxylation is 1. The molecule has 2 rings (SSSR count). The molecule has 1 aromatic rings. The van der Waals surface area contributed by atoms with Crippen molar-refractivity contribution in [3.8, 4) is 0 Å². The van der Waals surface area contributed by atoms with Crippen molar-refractivity contribution in [1.82, 2.24) is 14.9 Å². The number of carbonyl (C=O) groups is 1. The fraction of sp³-hybridized carbons (Fsp3) is 0.733. The molecular weight excluding hydrogens is 252 g/mol. The van der Waals surface area contributed by atoms with Crippen LogP contribution in [0.4, 0.5) is 0 Å². The lowest BCUT2D eigenvalue weighted by atomic mass is 9.94. The van der Waals surface area contributed by atoms with Crippen molar-refractivity contribution in [2.45, 2.75) is 70.5 Å². The topological polar surface area (TPSA) is 72.9 Å². The highest BCUT2D eigenvalue weighted by atomic mass is 16.1. The molecule has 1 amide bonds. The summed E-state index contributed by atoms with van der Waals surface area (Å²) >= 11 is 0. The summed E-state index contributed by atoms with van der Waals surface area (Å²) in [5.41, 5.74) is 4.98. The summed E-state index contributed by atoms with van der Waals surface area (Å²) < 4.78 is 2.17. The van der Waals surface area contributed by atoms with Crippen LogP contribution in [0.25, 0.3) is 0 Å². The van der Waals surface area contributed by atoms with Gasteiger partial charge in [0.05, 0.1) is 5.54 Å². The van der Waals surface area contributed by atoms with Gasteiger partial charge >= 0.3 is 0 Å². The highest BCUT2D eigenvalue weighted by Crippen LogP contribution is 2.25. The summed E-state index contributed by atoms with van der Waals surface area (Å²) in [4.78, 5) is 16.1. The average molecular weight is 278 g/mol. The maximum Gasteiger partial charge on any atom is 0.237 e. The highest BCUT2D eigenvalue weighted by Gasteiger charge is 2.36. The second-order valence-corrected chi connectivity index (χ2v) is 6.35. The summed E-state index contributed by atoms with van der Waals surface area (Å²) in [7, 11) is 0. The summed E-state index contributed by atoms with van der Waals surface area (Å²) in [6, 6.07) is 0.479. The molecule has 1 fully saturated rings. The minimum Gasteiger partial charge on any atom is -0.368 e. The molecule has 0 aromatic carbocycles. The van der Waals surface area contributed by atoms with E-state index in [4.69, 9.17) is 5.73 Å². The monoisotopic (exact) mass is 278 g/mol. The van der Waals surface area contributed by atoms with Crippen LogP contribution in [0.2, 0.25) is 0 Å². The van der Waals surface area contributed by atoms with Crippen LogP contribution in [0.5, 0.6) is 0 Å². The van der Waals surface area contributed by atoms with Gasteiger partial charge in [0.15, 0.2) is 0 Å². The van der Waals surface area contributed by atoms with Crippen LogP contribution in [-0.4, -0.2) is 27.0 Å². The van der Waals surface area contributed by atoms with Crippen molar-refractivity contribution in [2.24, 2.45) is 5.73 Å². The number of rotatable bonds is 8. The van der Waals surface area contributed by atoms with E-state index in [2.05, 4.69) is 28.7 Å². The van der Waals surface area contributed by atoms with Crippen LogP contribution >= 0.6 is 0 Å². The van der Waals surface area contributed by atoms with Crippen LogP contribution in [-0.2, 0) is 11.3 Å². The Morgan fingerprint density at radius 3 is 2.85 bits per heavy atom. The Balaban J connectivity index is 1.89. The second-order valence-electron chi connectivity index (χ2n) is 6.35. The van der Waals surface area contributed by atoms with E-state index in [-0.39, 0.29) is 5.91 Å². The zero-order valence-electron chi connectivity index (χ0n) is 12.7. The van der Waals surface area contributed by atoms with E-state index in [1.54, 1.807) is 0 Å². The lowest BCUT2D eigenvalue weighted by Gasteiger charge is -2.28. The molecule has 5 nitrogen and oxygen atoms in total. The Labute approximate surface area is 120 Å². The molecule has 0 spiro atoms. The van der Waals surface area contributed by atoms with Gasteiger partial charge in [-0.2, -0.15) is 0 Å². The lowest BCUT2D eigenvalue weighted by Crippen LogP contribution is -2.54. The van der Waals surface area contributed by atoms with Crippen LogP contribution in [0, 0.1) is 0 Å². The molecule has 1 unspecified atom stereocenters. The van der Waals surface area contributed by atoms with E-state index in [1.807, 2.05) is 19.3 Å². The molecule has 1 aliphatic rings. The van der Waals surface area contributed by atoms with Gasteiger partial charge in [0, 0.05) is 30.9 Å². The lowest BCUT2D eigenvalue weighted by molar-refractivity contribution is -0.124. The molecule has 0 aliphatic heterocycles. The molecule has 0 radical (unpaired) electrons. The average Bonchev–Trinajstić information content (AvgIpc) is 3.04. The van der Waals surface area contributed by atoms with Crippen molar-refractivity contribution < 1.29 is 4.79 Å². The SMILES string of the molecule is CC(C)c1nccn1CCCC(C)(NC1CC1)C(N)=O. The number of hydrogen-bond acceptors (Lipinski definition) is 3. The number of primary amides is 1. The Hall–Kier alpha value is -1.36. The summed E-state index contributed by atoms with van der Waals surface area (Å²) in [6.45, 7) is 7.08. The zero-order valence-corrected chi connectivity index (χ0v) is 12.7. The standard InChI is InChI=1S/C15H26N4O/c1-11(2)13-17-8-10-19(13)9-4-7-15(3,14(16)20)18-12-5-6-12/h8,10-12,18H,4-7,9H2,1-3H3,(H2,16,20). The molecule has 3 N–H and O–H groups in total. The summed E-state index contributed by atoms with van der Waals surface area (Å²) in [6.07, 6.45) is 7.82. The van der Waals surface area contributed by atoms with Gasteiger partial charge in [-0.15, -0.1) is 0 Å². The molecule has 1 aromatic heterocycles. The van der Waals surface area contributed by atoms with Gasteiger partial charge in [-0.3, -0.25) is 4.79 Å². The smallest absolute Gasteiger partial charge is 0.237 e. The van der Waals surface area contributed by atoms with E-state index < -0.39 is 5.54 Å². The zero-order chi connectivity index (χ0) is 14.8. The number of nitrogens with one attached hydrogen (secondary N) is 1. The number of nitrogens with two attached hydrogens (primary N) is 1. The van der Waals surface area contributed by atoms with Crippen molar-refractivity contribution in [1.29, 1.82) is 0 Å². The number of aromatic nitrogens is 2. The third kappa shape index (κ3) is 3.60. The van der Waals surface area contributed by atoms with E-state index >= 15 is 0 Å². The quantitative estimate of drug-likeness (QED) is 0.761. The molecule has 1 saturated carbocycles. The predicted octanol–water partition coefficient (Wildman–Crippen LogP) is 1.78. The van der Waals surface area contributed by atoms with Crippen molar-refractivity contribution in [2.75, 3.05) is 0 Å². The van der Waals surface area contributed by atoms with Gasteiger partial charge in [0.1, 0.15) is 5.82 Å². The molecule has 0 saturated heterocycles. The van der Waals surface area contributed by atoms with Crippen molar-refractivity contribution >= 4 is 5.91 Å². The van der Waals surface area contributed by atoms with Crippen LogP contribution in [0.1, 0.15) is 58.2 Å². The molecule has 112 valence electrons. The van der Waals surface area contributed by atoms with Crippen LogP contribution in [0.15, 0.2) is 12.4 Å². The molecular formula is C15H26N4O. The Morgan fingerprint density at radius 2 is 2.30 bits per heavy atom. The number of nitrogens with zero attached hydrogens (tertiary/aromatic N) is 2. The maximum absolute atomic E-state index is 11.7. The third-order valence-electron chi connectivity index (χ3n) is 3.98. The van der Waals surface area contributed by atoms with E-state index in [0.717, 1.165) is 38.1 Å². The normalized spacial score (nSPS) is 18.2. The minimum atomic E-state index is -0.584. The molecule has 1 atom stereocenters. The molecule has 20 heavy (non-hydrogen) atoms. The first kappa shape index (κ1) is 15.0. The van der Waals surface area contributed by atoms with Gasteiger partial charge in [0.2, 0.25) is 5.91 Å². The Kier molecular flexibility index (Phi) is 4.48. The van der Waals surface area contributed by atoms with E-state index in [0.29, 0.717) is 12.0 Å². The van der Waals surface area contributed by atoms with Crippen molar-refractivity contribution in [3.05, 3.63) is 18.2 Å². The van der Waals surface area contributed by atoms with Crippen LogP contribution < -0.4 is 11.1 Å². The number of hydrogen-bond donors (Lipinski definition) is 2. The molecule has 1 aliphatic carbocycles. The summed E-state index contributed by atoms with van der Waals surface area (Å²) in [5.74, 6) is 1.26. The molecule has 0 bridgehead atoms. The molecule has 1 heterocycles. The van der Waals surface area contributed by atoms with Gasteiger partial charge in [-0.1, -0.05) is 13.8 Å².